The molecule has 28 heavy (non-hydrogen) atoms. The van der Waals surface area contributed by atoms with Crippen molar-refractivity contribution in [1.29, 1.82) is 0 Å². The molecule has 1 heterocycles. The lowest BCUT2D eigenvalue weighted by Gasteiger charge is -2.10. The first-order valence-corrected chi connectivity index (χ1v) is 9.58. The number of amides is 1. The lowest BCUT2D eigenvalue weighted by atomic mass is 9.95. The molecule has 3 aromatic rings. The number of aromatic nitrogens is 1. The molecule has 0 radical (unpaired) electrons. The highest BCUT2D eigenvalue weighted by Crippen LogP contribution is 2.40. The fraction of sp³-hybridized carbons (Fsp3) is 0.261. The summed E-state index contributed by atoms with van der Waals surface area (Å²) in [6, 6.07) is 12.8. The van der Waals surface area contributed by atoms with Gasteiger partial charge in [-0.25, -0.2) is 0 Å². The zero-order valence-electron chi connectivity index (χ0n) is 16.1. The highest BCUT2D eigenvalue weighted by atomic mass is 16.3. The van der Waals surface area contributed by atoms with E-state index in [1.54, 1.807) is 24.3 Å². The number of hydrogen-bond acceptors (Lipinski definition) is 3. The van der Waals surface area contributed by atoms with Crippen LogP contribution in [0.5, 0.6) is 11.8 Å². The van der Waals surface area contributed by atoms with Gasteiger partial charge in [-0.2, -0.15) is 0 Å². The largest absolute Gasteiger partial charge is 0.494 e. The standard InChI is InChI=1S/C23H24N2O3/c1-14-11-15(2)13-17(12-14)24-21(26)16-7-9-18(10-8-16)25-22(27)19-5-3-4-6-20(19)23(25)28/h7-13,27-28H,3-6H2,1-2H3,(H,24,26). The van der Waals surface area contributed by atoms with Gasteiger partial charge in [-0.05, 0) is 87.1 Å². The number of nitrogens with one attached hydrogen (secondary N) is 1. The zero-order valence-corrected chi connectivity index (χ0v) is 16.1. The summed E-state index contributed by atoms with van der Waals surface area (Å²) in [7, 11) is 0. The SMILES string of the molecule is Cc1cc(C)cc(NC(=O)c2ccc(-n3c(O)c4c(c3O)CCCC4)cc2)c1. The van der Waals surface area contributed by atoms with Crippen LogP contribution in [0, 0.1) is 13.8 Å². The summed E-state index contributed by atoms with van der Waals surface area (Å²) in [5, 5.41) is 24.0. The normalized spacial score (nSPS) is 13.2. The number of fused-ring (bicyclic) bond motifs is 1. The second kappa shape index (κ2) is 7.08. The maximum Gasteiger partial charge on any atom is 0.255 e. The van der Waals surface area contributed by atoms with E-state index in [2.05, 4.69) is 11.4 Å². The fourth-order valence-corrected chi connectivity index (χ4v) is 4.03. The van der Waals surface area contributed by atoms with E-state index in [-0.39, 0.29) is 17.7 Å². The average molecular weight is 376 g/mol. The Hall–Kier alpha value is -3.21. The van der Waals surface area contributed by atoms with Crippen LogP contribution in [0.3, 0.4) is 0 Å². The second-order valence-electron chi connectivity index (χ2n) is 7.52. The number of aryl methyl sites for hydroxylation is 2. The highest BCUT2D eigenvalue weighted by molar-refractivity contribution is 6.04. The van der Waals surface area contributed by atoms with Gasteiger partial charge < -0.3 is 15.5 Å². The Morgan fingerprint density at radius 2 is 1.43 bits per heavy atom. The molecule has 0 bridgehead atoms. The summed E-state index contributed by atoms with van der Waals surface area (Å²) in [6.45, 7) is 3.99. The smallest absolute Gasteiger partial charge is 0.255 e. The van der Waals surface area contributed by atoms with Crippen LogP contribution in [0.25, 0.3) is 5.69 Å². The molecule has 1 amide bonds. The van der Waals surface area contributed by atoms with E-state index < -0.39 is 0 Å². The maximum absolute atomic E-state index is 12.6. The number of rotatable bonds is 3. The van der Waals surface area contributed by atoms with E-state index in [0.29, 0.717) is 11.3 Å². The first kappa shape index (κ1) is 18.2. The highest BCUT2D eigenvalue weighted by Gasteiger charge is 2.25. The molecule has 5 heteroatoms. The van der Waals surface area contributed by atoms with Crippen molar-refractivity contribution in [2.75, 3.05) is 5.32 Å². The third kappa shape index (κ3) is 3.24. The Morgan fingerprint density at radius 1 is 0.893 bits per heavy atom. The van der Waals surface area contributed by atoms with Crippen LogP contribution in [0.2, 0.25) is 0 Å². The number of hydrogen-bond donors (Lipinski definition) is 3. The predicted octanol–water partition coefficient (Wildman–Crippen LogP) is 4.64. The first-order valence-electron chi connectivity index (χ1n) is 9.58. The molecule has 144 valence electrons. The molecule has 0 spiro atoms. The topological polar surface area (TPSA) is 74.5 Å². The maximum atomic E-state index is 12.6. The second-order valence-corrected chi connectivity index (χ2v) is 7.52. The Morgan fingerprint density at radius 3 is 1.96 bits per heavy atom. The van der Waals surface area contributed by atoms with Crippen molar-refractivity contribution in [1.82, 2.24) is 4.57 Å². The molecule has 1 aliphatic rings. The van der Waals surface area contributed by atoms with Gasteiger partial charge in [0.05, 0.1) is 5.69 Å². The van der Waals surface area contributed by atoms with Gasteiger partial charge >= 0.3 is 0 Å². The zero-order chi connectivity index (χ0) is 19.8. The van der Waals surface area contributed by atoms with Crippen molar-refractivity contribution in [3.8, 4) is 17.4 Å². The molecule has 3 N–H and O–H groups in total. The van der Waals surface area contributed by atoms with Crippen LogP contribution < -0.4 is 5.32 Å². The summed E-state index contributed by atoms with van der Waals surface area (Å²) >= 11 is 0. The van der Waals surface area contributed by atoms with E-state index in [9.17, 15) is 15.0 Å². The molecule has 0 unspecified atom stereocenters. The number of aromatic hydroxyl groups is 2. The third-order valence-electron chi connectivity index (χ3n) is 5.30. The Kier molecular flexibility index (Phi) is 4.59. The van der Waals surface area contributed by atoms with Crippen molar-refractivity contribution >= 4 is 11.6 Å². The van der Waals surface area contributed by atoms with Gasteiger partial charge in [0.2, 0.25) is 11.8 Å². The van der Waals surface area contributed by atoms with Gasteiger partial charge in [0.15, 0.2) is 0 Å². The van der Waals surface area contributed by atoms with E-state index in [0.717, 1.165) is 53.6 Å². The molecule has 0 fully saturated rings. The minimum absolute atomic E-state index is 0.0969. The third-order valence-corrected chi connectivity index (χ3v) is 5.30. The van der Waals surface area contributed by atoms with Crippen molar-refractivity contribution in [2.45, 2.75) is 39.5 Å². The molecule has 0 saturated heterocycles. The van der Waals surface area contributed by atoms with Crippen LogP contribution in [-0.2, 0) is 12.8 Å². The Balaban J connectivity index is 1.59. The summed E-state index contributed by atoms with van der Waals surface area (Å²) < 4.78 is 1.46. The van der Waals surface area contributed by atoms with E-state index >= 15 is 0 Å². The number of anilines is 1. The summed E-state index contributed by atoms with van der Waals surface area (Å²) in [6.07, 6.45) is 3.58. The average Bonchev–Trinajstić information content (AvgIpc) is 2.92. The molecular weight excluding hydrogens is 352 g/mol. The molecule has 2 aromatic carbocycles. The van der Waals surface area contributed by atoms with Crippen LogP contribution >= 0.6 is 0 Å². The minimum Gasteiger partial charge on any atom is -0.494 e. The summed E-state index contributed by atoms with van der Waals surface area (Å²) in [5.41, 5.74) is 5.76. The molecule has 5 nitrogen and oxygen atoms in total. The van der Waals surface area contributed by atoms with Gasteiger partial charge in [0, 0.05) is 22.4 Å². The minimum atomic E-state index is -0.197. The van der Waals surface area contributed by atoms with Gasteiger partial charge in [0.25, 0.3) is 5.91 Å². The first-order chi connectivity index (χ1) is 13.4. The van der Waals surface area contributed by atoms with Crippen molar-refractivity contribution in [3.05, 3.63) is 70.3 Å². The number of nitrogens with zero attached hydrogens (tertiary/aromatic N) is 1. The van der Waals surface area contributed by atoms with Crippen LogP contribution in [-0.4, -0.2) is 20.7 Å². The van der Waals surface area contributed by atoms with E-state index in [1.165, 1.54) is 4.57 Å². The summed E-state index contributed by atoms with van der Waals surface area (Å²) in [5.74, 6) is -0.00364. The van der Waals surface area contributed by atoms with Gasteiger partial charge in [-0.1, -0.05) is 6.07 Å². The van der Waals surface area contributed by atoms with Gasteiger partial charge in [0.1, 0.15) is 0 Å². The molecule has 1 aliphatic carbocycles. The monoisotopic (exact) mass is 376 g/mol. The molecule has 0 aliphatic heterocycles. The Labute approximate surface area is 164 Å². The van der Waals surface area contributed by atoms with E-state index in [4.69, 9.17) is 0 Å². The lowest BCUT2D eigenvalue weighted by molar-refractivity contribution is 0.102. The fourth-order valence-electron chi connectivity index (χ4n) is 4.03. The molecular formula is C23H24N2O3. The molecule has 0 saturated carbocycles. The van der Waals surface area contributed by atoms with Crippen molar-refractivity contribution in [2.24, 2.45) is 0 Å². The number of carbonyl (C=O) groups is 1. The van der Waals surface area contributed by atoms with Crippen molar-refractivity contribution in [3.63, 3.8) is 0 Å². The number of carbonyl (C=O) groups excluding carboxylic acids is 1. The molecule has 0 atom stereocenters. The quantitative estimate of drug-likeness (QED) is 0.624. The van der Waals surface area contributed by atoms with Crippen LogP contribution in [0.15, 0.2) is 42.5 Å². The van der Waals surface area contributed by atoms with E-state index in [1.807, 2.05) is 26.0 Å². The number of benzene rings is 2. The lowest BCUT2D eigenvalue weighted by Crippen LogP contribution is -2.12. The molecule has 1 aromatic heterocycles. The molecule has 4 rings (SSSR count). The predicted molar refractivity (Wildman–Crippen MR) is 110 cm³/mol. The van der Waals surface area contributed by atoms with Crippen LogP contribution in [0.4, 0.5) is 5.69 Å². The van der Waals surface area contributed by atoms with Gasteiger partial charge in [-0.3, -0.25) is 9.36 Å². The van der Waals surface area contributed by atoms with Gasteiger partial charge in [-0.15, -0.1) is 0 Å². The summed E-state index contributed by atoms with van der Waals surface area (Å²) in [4.78, 5) is 12.6. The van der Waals surface area contributed by atoms with Crippen molar-refractivity contribution < 1.29 is 15.0 Å². The Bertz CT molecular complexity index is 999. The van der Waals surface area contributed by atoms with Crippen LogP contribution in [0.1, 0.15) is 45.5 Å².